The minimum Gasteiger partial charge on any atom is -0.355 e. The summed E-state index contributed by atoms with van der Waals surface area (Å²) >= 11 is 8.11. The average molecular weight is 507 g/mol. The van der Waals surface area contributed by atoms with Crippen LogP contribution in [0.15, 0.2) is 75.9 Å². The van der Waals surface area contributed by atoms with Crippen molar-refractivity contribution in [2.75, 3.05) is 24.5 Å². The highest BCUT2D eigenvalue weighted by Crippen LogP contribution is 2.36. The van der Waals surface area contributed by atoms with Crippen LogP contribution in [0.4, 0.5) is 5.82 Å². The molecule has 35 heavy (non-hydrogen) atoms. The van der Waals surface area contributed by atoms with E-state index in [1.807, 2.05) is 42.5 Å². The molecule has 0 amide bonds. The van der Waals surface area contributed by atoms with Crippen LogP contribution >= 0.6 is 23.4 Å². The van der Waals surface area contributed by atoms with Gasteiger partial charge in [0.25, 0.3) is 5.56 Å². The first-order valence-electron chi connectivity index (χ1n) is 11.6. The molecule has 0 unspecified atom stereocenters. The van der Waals surface area contributed by atoms with Gasteiger partial charge in [0, 0.05) is 18.0 Å². The predicted octanol–water partition coefficient (Wildman–Crippen LogP) is 4.60. The number of rotatable bonds is 6. The van der Waals surface area contributed by atoms with Gasteiger partial charge in [-0.05, 0) is 42.5 Å². The van der Waals surface area contributed by atoms with Gasteiger partial charge >= 0.3 is 0 Å². The van der Waals surface area contributed by atoms with Crippen LogP contribution in [0, 0.1) is 5.41 Å². The molecule has 0 aliphatic carbocycles. The fourth-order valence-electron chi connectivity index (χ4n) is 4.28. The van der Waals surface area contributed by atoms with Crippen LogP contribution < -0.4 is 16.2 Å². The van der Waals surface area contributed by atoms with E-state index >= 15 is 0 Å². The zero-order valence-corrected chi connectivity index (χ0v) is 21.1. The molecule has 0 radical (unpaired) electrons. The zero-order valence-electron chi connectivity index (χ0n) is 19.5. The van der Waals surface area contributed by atoms with Crippen molar-refractivity contribution >= 4 is 40.1 Å². The summed E-state index contributed by atoms with van der Waals surface area (Å²) < 4.78 is 1.58. The third-order valence-corrected chi connectivity index (χ3v) is 8.19. The number of halogens is 1. The van der Waals surface area contributed by atoms with Gasteiger partial charge in [0.2, 0.25) is 0 Å². The number of benzene rings is 2. The first kappa shape index (κ1) is 23.8. The highest BCUT2D eigenvalue weighted by atomic mass is 35.5. The van der Waals surface area contributed by atoms with Crippen LogP contribution in [0.5, 0.6) is 0 Å². The summed E-state index contributed by atoms with van der Waals surface area (Å²) in [6.45, 7) is 5.24. The Balaban J connectivity index is 1.36. The smallest absolute Gasteiger partial charge is 0.263 e. The minimum atomic E-state index is -0.165. The van der Waals surface area contributed by atoms with Crippen LogP contribution in [0.25, 0.3) is 10.9 Å². The second-order valence-electron chi connectivity index (χ2n) is 9.25. The summed E-state index contributed by atoms with van der Waals surface area (Å²) in [5, 5.41) is 1.51. The van der Waals surface area contributed by atoms with E-state index in [2.05, 4.69) is 26.8 Å². The van der Waals surface area contributed by atoms with Crippen molar-refractivity contribution in [2.45, 2.75) is 36.2 Å². The normalized spacial score (nSPS) is 15.5. The van der Waals surface area contributed by atoms with Gasteiger partial charge in [-0.15, -0.1) is 0 Å². The van der Waals surface area contributed by atoms with E-state index in [4.69, 9.17) is 17.3 Å². The number of nitrogens with zero attached hydrogens (tertiary/aromatic N) is 5. The molecule has 0 saturated carbocycles. The van der Waals surface area contributed by atoms with Gasteiger partial charge in [0.1, 0.15) is 10.8 Å². The van der Waals surface area contributed by atoms with E-state index < -0.39 is 0 Å². The summed E-state index contributed by atoms with van der Waals surface area (Å²) in [4.78, 5) is 29.9. The van der Waals surface area contributed by atoms with E-state index in [0.29, 0.717) is 34.0 Å². The zero-order chi connectivity index (χ0) is 24.4. The monoisotopic (exact) mass is 506 g/mol. The fourth-order valence-corrected chi connectivity index (χ4v) is 5.40. The molecule has 2 aromatic heterocycles. The maximum absolute atomic E-state index is 13.2. The Hall–Kier alpha value is -2.94. The van der Waals surface area contributed by atoms with Gasteiger partial charge in [-0.25, -0.2) is 15.0 Å². The molecule has 7 nitrogen and oxygen atoms in total. The van der Waals surface area contributed by atoms with E-state index in [1.165, 1.54) is 11.8 Å². The predicted molar refractivity (Wildman–Crippen MR) is 141 cm³/mol. The SMILES string of the molecule is CC1(CN)CCN(c2cnc(Sc3ccc4ncn(Cc5ccccc5)c(=O)c4c3Cl)cn2)CC1. The number of nitrogens with two attached hydrogens (primary N) is 1. The van der Waals surface area contributed by atoms with Crippen molar-refractivity contribution in [3.63, 3.8) is 0 Å². The molecule has 3 heterocycles. The lowest BCUT2D eigenvalue weighted by Gasteiger charge is -2.39. The molecule has 4 aromatic rings. The van der Waals surface area contributed by atoms with Gasteiger partial charge in [-0.1, -0.05) is 60.6 Å². The van der Waals surface area contributed by atoms with Gasteiger partial charge in [-0.2, -0.15) is 0 Å². The Morgan fingerprint density at radius 2 is 1.83 bits per heavy atom. The molecule has 2 N–H and O–H groups in total. The van der Waals surface area contributed by atoms with E-state index in [0.717, 1.165) is 42.2 Å². The average Bonchev–Trinajstić information content (AvgIpc) is 2.89. The largest absolute Gasteiger partial charge is 0.355 e. The number of piperidine rings is 1. The molecule has 2 aromatic carbocycles. The van der Waals surface area contributed by atoms with Gasteiger partial charge in [0.15, 0.2) is 0 Å². The molecular formula is C26H27ClN6OS. The molecule has 9 heteroatoms. The van der Waals surface area contributed by atoms with Crippen LogP contribution in [-0.2, 0) is 6.54 Å². The Labute approximate surface area is 213 Å². The topological polar surface area (TPSA) is 89.9 Å². The van der Waals surface area contributed by atoms with Crippen LogP contribution in [0.1, 0.15) is 25.3 Å². The quantitative estimate of drug-likeness (QED) is 0.408. The molecule has 5 rings (SSSR count). The highest BCUT2D eigenvalue weighted by Gasteiger charge is 2.29. The third kappa shape index (κ3) is 5.05. The summed E-state index contributed by atoms with van der Waals surface area (Å²) in [6, 6.07) is 13.5. The van der Waals surface area contributed by atoms with Crippen LogP contribution in [0.2, 0.25) is 5.02 Å². The summed E-state index contributed by atoms with van der Waals surface area (Å²) in [7, 11) is 0. The fraction of sp³-hybridized carbons (Fsp3) is 0.308. The number of anilines is 1. The summed E-state index contributed by atoms with van der Waals surface area (Å²) in [5.74, 6) is 0.867. The molecule has 1 saturated heterocycles. The first-order chi connectivity index (χ1) is 17.0. The maximum Gasteiger partial charge on any atom is 0.263 e. The van der Waals surface area contributed by atoms with Crippen molar-refractivity contribution in [1.29, 1.82) is 0 Å². The Bertz CT molecular complexity index is 1390. The second kappa shape index (κ2) is 9.97. The van der Waals surface area contributed by atoms with Crippen LogP contribution in [-0.4, -0.2) is 39.2 Å². The second-order valence-corrected chi connectivity index (χ2v) is 10.7. The molecule has 0 spiro atoms. The van der Waals surface area contributed by atoms with E-state index in [1.54, 1.807) is 23.3 Å². The first-order valence-corrected chi connectivity index (χ1v) is 12.8. The van der Waals surface area contributed by atoms with Crippen molar-refractivity contribution in [3.8, 4) is 0 Å². The highest BCUT2D eigenvalue weighted by molar-refractivity contribution is 7.99. The third-order valence-electron chi connectivity index (χ3n) is 6.71. The lowest BCUT2D eigenvalue weighted by atomic mass is 9.80. The van der Waals surface area contributed by atoms with Gasteiger partial charge in [0.05, 0.1) is 41.2 Å². The number of hydrogen-bond acceptors (Lipinski definition) is 7. The molecule has 0 atom stereocenters. The molecule has 1 aliphatic rings. The van der Waals surface area contributed by atoms with Crippen molar-refractivity contribution in [3.05, 3.63) is 82.1 Å². The molecule has 1 fully saturated rings. The van der Waals surface area contributed by atoms with E-state index in [9.17, 15) is 4.79 Å². The maximum atomic E-state index is 13.2. The van der Waals surface area contributed by atoms with Gasteiger partial charge < -0.3 is 10.6 Å². The van der Waals surface area contributed by atoms with Crippen molar-refractivity contribution in [1.82, 2.24) is 19.5 Å². The summed E-state index contributed by atoms with van der Waals surface area (Å²) in [6.07, 6.45) is 7.22. The Kier molecular flexibility index (Phi) is 6.77. The van der Waals surface area contributed by atoms with Crippen LogP contribution in [0.3, 0.4) is 0 Å². The van der Waals surface area contributed by atoms with E-state index in [-0.39, 0.29) is 11.0 Å². The molecule has 1 aliphatic heterocycles. The Morgan fingerprint density at radius 1 is 1.06 bits per heavy atom. The van der Waals surface area contributed by atoms with Crippen molar-refractivity contribution in [2.24, 2.45) is 11.1 Å². The number of fused-ring (bicyclic) bond motifs is 1. The summed E-state index contributed by atoms with van der Waals surface area (Å²) in [5.41, 5.74) is 7.57. The molecular weight excluding hydrogens is 480 g/mol. The molecule has 0 bridgehead atoms. The van der Waals surface area contributed by atoms with Gasteiger partial charge in [-0.3, -0.25) is 9.36 Å². The van der Waals surface area contributed by atoms with Crippen molar-refractivity contribution < 1.29 is 0 Å². The Morgan fingerprint density at radius 3 is 2.51 bits per heavy atom. The number of hydrogen-bond donors (Lipinski definition) is 1. The lowest BCUT2D eigenvalue weighted by molar-refractivity contribution is 0.258. The standard InChI is InChI=1S/C26H27ClN6OS/c1-26(16-28)9-11-32(12-10-26)21-13-30-22(14-29-21)35-20-8-7-19-23(24(20)27)25(34)33(17-31-19)15-18-5-3-2-4-6-18/h2-8,13-14,17H,9-12,15-16,28H2,1H3. The number of aromatic nitrogens is 4. The lowest BCUT2D eigenvalue weighted by Crippen LogP contribution is -2.42. The molecule has 180 valence electrons. The minimum absolute atomic E-state index is 0.165.